The highest BCUT2D eigenvalue weighted by atomic mass is 19.2. The molecule has 0 aliphatic rings. The molecular weight excluding hydrogens is 755 g/mol. The van der Waals surface area contributed by atoms with Crippen LogP contribution in [0.2, 0.25) is 0 Å². The smallest absolute Gasteiger partial charge is 0.198 e. The van der Waals surface area contributed by atoms with Gasteiger partial charge in [0, 0.05) is 27.1 Å². The highest BCUT2D eigenvalue weighted by Crippen LogP contribution is 2.44. The van der Waals surface area contributed by atoms with E-state index >= 15 is 13.2 Å². The fourth-order valence-corrected chi connectivity index (χ4v) is 8.45. The van der Waals surface area contributed by atoms with Crippen LogP contribution in [0.1, 0.15) is 111 Å². The van der Waals surface area contributed by atoms with Gasteiger partial charge >= 0.3 is 0 Å². The van der Waals surface area contributed by atoms with Gasteiger partial charge in [0.1, 0.15) is 11.6 Å². The van der Waals surface area contributed by atoms with Crippen molar-refractivity contribution >= 4 is 43.6 Å². The van der Waals surface area contributed by atoms with Crippen LogP contribution in [0.25, 0.3) is 66.1 Å². The van der Waals surface area contributed by atoms with Crippen LogP contribution < -0.4 is 0 Å². The van der Waals surface area contributed by atoms with Gasteiger partial charge in [0.05, 0.1) is 33.4 Å². The van der Waals surface area contributed by atoms with Crippen molar-refractivity contribution in [1.29, 1.82) is 5.26 Å². The summed E-state index contributed by atoms with van der Waals surface area (Å²) in [6.45, 7) is 25.9. The average molecular weight is 806 g/mol. The van der Waals surface area contributed by atoms with Crippen molar-refractivity contribution < 1.29 is 17.6 Å². The van der Waals surface area contributed by atoms with Gasteiger partial charge in [0.2, 0.25) is 0 Å². The average Bonchev–Trinajstić information content (AvgIpc) is 3.67. The lowest BCUT2D eigenvalue weighted by Gasteiger charge is -2.21. The Morgan fingerprint density at radius 2 is 0.733 bits per heavy atom. The van der Waals surface area contributed by atoms with Gasteiger partial charge < -0.3 is 9.13 Å². The predicted molar refractivity (Wildman–Crippen MR) is 240 cm³/mol. The number of hydrogen-bond acceptors (Lipinski definition) is 1. The van der Waals surface area contributed by atoms with Crippen molar-refractivity contribution in [2.45, 2.75) is 105 Å². The number of aromatic nitrogens is 2. The second kappa shape index (κ2) is 13.6. The van der Waals surface area contributed by atoms with E-state index in [0.717, 1.165) is 65.9 Å². The molecule has 6 aromatic carbocycles. The Bertz CT molecular complexity index is 2810. The van der Waals surface area contributed by atoms with Gasteiger partial charge in [-0.05, 0) is 116 Å². The molecule has 0 amide bonds. The van der Waals surface area contributed by atoms with Crippen LogP contribution >= 0.6 is 0 Å². The molecule has 0 atom stereocenters. The molecule has 60 heavy (non-hydrogen) atoms. The molecule has 0 N–H and O–H groups in total. The molecule has 0 saturated heterocycles. The van der Waals surface area contributed by atoms with Crippen molar-refractivity contribution in [3.05, 3.63) is 142 Å². The van der Waals surface area contributed by atoms with E-state index in [4.69, 9.17) is 0 Å². The minimum atomic E-state index is -1.90. The normalized spacial score (nSPS) is 13.0. The van der Waals surface area contributed by atoms with E-state index < -0.39 is 28.8 Å². The SMILES string of the molecule is CC(C)(C)c1ccc2c(c1)c1cc(C(C)(C)C)ccc1n2-c1cc(-c2cc(F)c(F)c(F)c2F)cc(-n2c3ccc(C(C)(C)C)cc3c3cc(C(C)(C)C)ccc32)c1C#N. The van der Waals surface area contributed by atoms with E-state index in [9.17, 15) is 9.65 Å². The van der Waals surface area contributed by atoms with Crippen LogP contribution in [-0.2, 0) is 21.7 Å². The van der Waals surface area contributed by atoms with Gasteiger partial charge in [0.25, 0.3) is 0 Å². The Kier molecular flexibility index (Phi) is 9.25. The summed E-state index contributed by atoms with van der Waals surface area (Å²) in [4.78, 5) is 0. The first-order valence-corrected chi connectivity index (χ1v) is 20.5. The molecule has 0 fully saturated rings. The molecule has 0 bridgehead atoms. The molecule has 0 aliphatic carbocycles. The highest BCUT2D eigenvalue weighted by Gasteiger charge is 2.28. The molecule has 0 spiro atoms. The van der Waals surface area contributed by atoms with E-state index in [2.05, 4.69) is 138 Å². The Morgan fingerprint density at radius 3 is 1.02 bits per heavy atom. The zero-order valence-electron chi connectivity index (χ0n) is 36.5. The summed E-state index contributed by atoms with van der Waals surface area (Å²) >= 11 is 0. The minimum Gasteiger partial charge on any atom is -0.308 e. The van der Waals surface area contributed by atoms with E-state index in [1.54, 1.807) is 12.1 Å². The number of fused-ring (bicyclic) bond motifs is 6. The molecule has 2 heterocycles. The van der Waals surface area contributed by atoms with Crippen molar-refractivity contribution in [2.24, 2.45) is 0 Å². The highest BCUT2D eigenvalue weighted by molar-refractivity contribution is 6.12. The van der Waals surface area contributed by atoms with Crippen molar-refractivity contribution in [3.8, 4) is 28.6 Å². The van der Waals surface area contributed by atoms with Crippen LogP contribution in [0, 0.1) is 34.6 Å². The molecule has 0 radical (unpaired) electrons. The first-order chi connectivity index (χ1) is 27.9. The first-order valence-electron chi connectivity index (χ1n) is 20.5. The molecule has 8 rings (SSSR count). The number of benzene rings is 6. The van der Waals surface area contributed by atoms with Crippen LogP contribution in [0.5, 0.6) is 0 Å². The molecule has 7 heteroatoms. The van der Waals surface area contributed by atoms with Crippen LogP contribution in [0.3, 0.4) is 0 Å². The van der Waals surface area contributed by atoms with Gasteiger partial charge in [0.15, 0.2) is 23.3 Å². The second-order valence-corrected chi connectivity index (χ2v) is 20.4. The van der Waals surface area contributed by atoms with Gasteiger partial charge in [-0.1, -0.05) is 107 Å². The van der Waals surface area contributed by atoms with Gasteiger partial charge in [-0.3, -0.25) is 0 Å². The summed E-state index contributed by atoms with van der Waals surface area (Å²) in [5.74, 6) is -6.82. The van der Waals surface area contributed by atoms with E-state index in [1.165, 1.54) is 0 Å². The Labute approximate surface area is 349 Å². The Balaban J connectivity index is 1.58. The van der Waals surface area contributed by atoms with Gasteiger partial charge in [-0.2, -0.15) is 5.26 Å². The number of halogens is 4. The van der Waals surface area contributed by atoms with Gasteiger partial charge in [-0.25, -0.2) is 17.6 Å². The summed E-state index contributed by atoms with van der Waals surface area (Å²) in [5.41, 5.74) is 7.67. The van der Waals surface area contributed by atoms with Gasteiger partial charge in [-0.15, -0.1) is 0 Å². The van der Waals surface area contributed by atoms with E-state index in [-0.39, 0.29) is 32.8 Å². The lowest BCUT2D eigenvalue weighted by molar-refractivity contribution is 0.411. The molecule has 2 aromatic heterocycles. The Morgan fingerprint density at radius 1 is 0.417 bits per heavy atom. The Hall–Kier alpha value is -5.87. The number of hydrogen-bond donors (Lipinski definition) is 0. The molecular formula is C53H51F4N3. The minimum absolute atomic E-state index is 0.0783. The third kappa shape index (κ3) is 6.56. The number of nitrogens with zero attached hydrogens (tertiary/aromatic N) is 3. The number of rotatable bonds is 3. The summed E-state index contributed by atoms with van der Waals surface area (Å²) in [6.07, 6.45) is 0. The number of nitriles is 1. The molecule has 8 aromatic rings. The summed E-state index contributed by atoms with van der Waals surface area (Å²) in [6, 6.07) is 31.6. The molecule has 0 aliphatic heterocycles. The van der Waals surface area contributed by atoms with Crippen molar-refractivity contribution in [3.63, 3.8) is 0 Å². The van der Waals surface area contributed by atoms with Crippen LogP contribution in [0.15, 0.2) is 91.0 Å². The maximum Gasteiger partial charge on any atom is 0.198 e. The maximum absolute atomic E-state index is 16.0. The topological polar surface area (TPSA) is 33.6 Å². The van der Waals surface area contributed by atoms with Crippen LogP contribution in [-0.4, -0.2) is 9.13 Å². The quantitative estimate of drug-likeness (QED) is 0.0995. The zero-order valence-corrected chi connectivity index (χ0v) is 36.5. The fourth-order valence-electron chi connectivity index (χ4n) is 8.45. The monoisotopic (exact) mass is 805 g/mol. The summed E-state index contributed by atoms with van der Waals surface area (Å²) in [5, 5.41) is 15.3. The third-order valence-electron chi connectivity index (χ3n) is 12.1. The predicted octanol–water partition coefficient (Wildman–Crippen LogP) is 15.2. The molecule has 3 nitrogen and oxygen atoms in total. The second-order valence-electron chi connectivity index (χ2n) is 20.4. The first kappa shape index (κ1) is 40.9. The van der Waals surface area contributed by atoms with E-state index in [0.29, 0.717) is 17.4 Å². The van der Waals surface area contributed by atoms with E-state index in [1.807, 2.05) is 33.4 Å². The third-order valence-corrected chi connectivity index (χ3v) is 12.1. The van der Waals surface area contributed by atoms with Crippen molar-refractivity contribution in [1.82, 2.24) is 9.13 Å². The largest absolute Gasteiger partial charge is 0.308 e. The molecule has 0 unspecified atom stereocenters. The maximum atomic E-state index is 16.0. The van der Waals surface area contributed by atoms with Crippen molar-refractivity contribution in [2.75, 3.05) is 0 Å². The standard InChI is InChI=1S/C53H51F4N3/c1-50(2,3)30-13-17-41-35(23-30)36-24-31(51(4,5)6)14-18-42(36)59(41)45-21-29(34-27-40(54)48(56)49(57)47(34)55)22-46(39(45)28-58)60-43-19-15-32(52(7,8)9)25-37(43)38-26-33(53(10,11)12)16-20-44(38)60/h13-27H,1-12H3. The molecule has 306 valence electrons. The van der Waals surface area contributed by atoms with Crippen LogP contribution in [0.4, 0.5) is 17.6 Å². The fraction of sp³-hybridized carbons (Fsp3) is 0.302. The summed E-state index contributed by atoms with van der Waals surface area (Å²) in [7, 11) is 0. The lowest BCUT2D eigenvalue weighted by atomic mass is 9.85. The lowest BCUT2D eigenvalue weighted by Crippen LogP contribution is -2.11. The summed E-state index contributed by atoms with van der Waals surface area (Å²) < 4.78 is 64.8. The molecule has 0 saturated carbocycles. The zero-order chi connectivity index (χ0) is 43.6.